The van der Waals surface area contributed by atoms with Crippen LogP contribution in [0.5, 0.6) is 0 Å². The van der Waals surface area contributed by atoms with Gasteiger partial charge in [0.15, 0.2) is 0 Å². The van der Waals surface area contributed by atoms with Crippen LogP contribution >= 0.6 is 15.8 Å². The molecule has 2 nitrogen and oxygen atoms in total. The fourth-order valence-corrected chi connectivity index (χ4v) is 15.7. The number of hydrogen-bond acceptors (Lipinski definition) is 2. The third-order valence-corrected chi connectivity index (χ3v) is 17.4. The van der Waals surface area contributed by atoms with Gasteiger partial charge >= 0.3 is 0 Å². The summed E-state index contributed by atoms with van der Waals surface area (Å²) in [5, 5.41) is 3.47. The second-order valence-electron chi connectivity index (χ2n) is 14.3. The van der Waals surface area contributed by atoms with Gasteiger partial charge in [0.05, 0.1) is 10.3 Å². The first-order chi connectivity index (χ1) is 28.7. The van der Waals surface area contributed by atoms with Gasteiger partial charge in [0.1, 0.15) is 12.2 Å². The molecule has 286 valence electrons. The molecule has 0 aliphatic heterocycles. The van der Waals surface area contributed by atoms with Gasteiger partial charge in [-0.05, 0) is 59.3 Å². The Balaban J connectivity index is 1.57. The average Bonchev–Trinajstić information content (AvgIpc) is 3.32. The largest absolute Gasteiger partial charge is 0.377 e. The summed E-state index contributed by atoms with van der Waals surface area (Å²) in [6.45, 7) is 0. The number of rotatable bonds is 15. The van der Waals surface area contributed by atoms with Crippen LogP contribution in [-0.2, 0) is 19.8 Å². The molecule has 2 unspecified atom stereocenters. The highest BCUT2D eigenvalue weighted by Gasteiger charge is 2.61. The van der Waals surface area contributed by atoms with Crippen LogP contribution in [0.4, 0.5) is 0 Å². The molecule has 0 amide bonds. The molecule has 8 rings (SSSR count). The minimum absolute atomic E-state index is 0.549. The third-order valence-electron chi connectivity index (χ3n) is 11.2. The Morgan fingerprint density at radius 1 is 0.276 bits per heavy atom. The zero-order valence-electron chi connectivity index (χ0n) is 33.0. The smallest absolute Gasteiger partial charge is 0.103 e. The second kappa shape index (κ2) is 18.4. The Bertz CT molecular complexity index is 2080. The molecule has 0 aliphatic carbocycles. The quantitative estimate of drug-likeness (QED) is 0.0963. The van der Waals surface area contributed by atoms with Gasteiger partial charge in [0.25, 0.3) is 0 Å². The fourth-order valence-electron chi connectivity index (χ4n) is 8.98. The molecule has 4 heteroatoms. The van der Waals surface area contributed by atoms with E-state index in [1.54, 1.807) is 0 Å². The molecule has 0 aromatic heterocycles. The lowest BCUT2D eigenvalue weighted by molar-refractivity contribution is -0.0645. The number of ether oxygens (including phenoxy) is 2. The summed E-state index contributed by atoms with van der Waals surface area (Å²) in [6.07, 6.45) is -1.10. The number of hydrogen-bond donors (Lipinski definition) is 0. The van der Waals surface area contributed by atoms with Crippen molar-refractivity contribution in [2.45, 2.75) is 22.5 Å². The van der Waals surface area contributed by atoms with Crippen LogP contribution in [-0.4, -0.2) is 26.4 Å². The molecular formula is C54H48O2P2. The fraction of sp³-hybridized carbons (Fsp3) is 0.111. The molecule has 8 aromatic rings. The Labute approximate surface area is 346 Å². The molecule has 2 atom stereocenters. The molecule has 0 saturated carbocycles. The van der Waals surface area contributed by atoms with Crippen molar-refractivity contribution in [3.8, 4) is 0 Å². The van der Waals surface area contributed by atoms with E-state index in [0.717, 1.165) is 0 Å². The highest BCUT2D eigenvalue weighted by molar-refractivity contribution is 7.75. The number of methoxy groups -OCH3 is 2. The maximum absolute atomic E-state index is 7.37. The summed E-state index contributed by atoms with van der Waals surface area (Å²) in [4.78, 5) is 0. The van der Waals surface area contributed by atoms with Gasteiger partial charge in [-0.2, -0.15) is 0 Å². The lowest BCUT2D eigenvalue weighted by Gasteiger charge is -2.55. The van der Waals surface area contributed by atoms with Crippen LogP contribution in [0.3, 0.4) is 0 Å². The van der Waals surface area contributed by atoms with E-state index in [0.29, 0.717) is 0 Å². The van der Waals surface area contributed by atoms with Crippen molar-refractivity contribution in [2.75, 3.05) is 14.2 Å². The zero-order chi connectivity index (χ0) is 39.6. The molecule has 58 heavy (non-hydrogen) atoms. The topological polar surface area (TPSA) is 18.5 Å². The van der Waals surface area contributed by atoms with Crippen molar-refractivity contribution >= 4 is 37.1 Å². The summed E-state index contributed by atoms with van der Waals surface area (Å²) in [5.41, 5.74) is 4.70. The van der Waals surface area contributed by atoms with Gasteiger partial charge in [-0.15, -0.1) is 0 Å². The maximum atomic E-state index is 7.37. The molecule has 0 saturated heterocycles. The monoisotopic (exact) mass is 790 g/mol. The minimum atomic E-state index is -1.25. The molecule has 0 aliphatic rings. The van der Waals surface area contributed by atoms with Crippen LogP contribution in [0.1, 0.15) is 22.3 Å². The molecule has 0 radical (unpaired) electrons. The van der Waals surface area contributed by atoms with Crippen molar-refractivity contribution < 1.29 is 9.47 Å². The van der Waals surface area contributed by atoms with Gasteiger partial charge in [-0.3, -0.25) is 0 Å². The standard InChI is InChI=1S/C54H48O2P2/c1-55-51(53(43-27-11-3-12-28-43,44-29-13-4-14-30-44)57(47-35-19-7-20-36-47)48-37-21-8-22-38-48)52(56-2)54(45-31-15-5-16-32-45,46-33-17-6-18-34-46)58(49-39-23-9-24-40-49)50-41-25-10-26-42-50/h3-42,51-52H,1-2H3. The molecule has 0 heterocycles. The van der Waals surface area contributed by atoms with Crippen molar-refractivity contribution in [2.24, 2.45) is 0 Å². The van der Waals surface area contributed by atoms with E-state index < -0.39 is 38.4 Å². The predicted octanol–water partition coefficient (Wildman–Crippen LogP) is 11.2. The van der Waals surface area contributed by atoms with Crippen LogP contribution in [0, 0.1) is 0 Å². The first-order valence-corrected chi connectivity index (χ1v) is 22.5. The zero-order valence-corrected chi connectivity index (χ0v) is 34.7. The van der Waals surface area contributed by atoms with Gasteiger partial charge < -0.3 is 9.47 Å². The third kappa shape index (κ3) is 7.28. The Kier molecular flexibility index (Phi) is 12.5. The summed E-state index contributed by atoms with van der Waals surface area (Å²) < 4.78 is 14.7. The molecule has 0 bridgehead atoms. The van der Waals surface area contributed by atoms with Crippen molar-refractivity contribution in [3.63, 3.8) is 0 Å². The summed E-state index contributed by atoms with van der Waals surface area (Å²) in [6, 6.07) is 88.5. The Morgan fingerprint density at radius 2 is 0.448 bits per heavy atom. The normalized spacial score (nSPS) is 13.0. The highest BCUT2D eigenvalue weighted by atomic mass is 31.1. The average molecular weight is 791 g/mol. The lowest BCUT2D eigenvalue weighted by Crippen LogP contribution is -2.59. The molecular weight excluding hydrogens is 743 g/mol. The first kappa shape index (κ1) is 39.4. The van der Waals surface area contributed by atoms with Crippen LogP contribution in [0.25, 0.3) is 0 Å². The van der Waals surface area contributed by atoms with Crippen LogP contribution in [0.2, 0.25) is 0 Å². The highest BCUT2D eigenvalue weighted by Crippen LogP contribution is 2.67. The van der Waals surface area contributed by atoms with Gasteiger partial charge in [-0.25, -0.2) is 0 Å². The minimum Gasteiger partial charge on any atom is -0.377 e. The lowest BCUT2D eigenvalue weighted by atomic mass is 9.75. The van der Waals surface area contributed by atoms with Crippen molar-refractivity contribution in [1.82, 2.24) is 0 Å². The van der Waals surface area contributed by atoms with E-state index in [1.807, 2.05) is 14.2 Å². The van der Waals surface area contributed by atoms with Gasteiger partial charge in [0, 0.05) is 14.2 Å². The maximum Gasteiger partial charge on any atom is 0.103 e. The van der Waals surface area contributed by atoms with E-state index in [1.165, 1.54) is 43.5 Å². The van der Waals surface area contributed by atoms with E-state index in [2.05, 4.69) is 243 Å². The molecule has 8 aromatic carbocycles. The predicted molar refractivity (Wildman–Crippen MR) is 247 cm³/mol. The number of benzene rings is 8. The summed E-state index contributed by atoms with van der Waals surface area (Å²) >= 11 is 0. The van der Waals surface area contributed by atoms with Crippen LogP contribution < -0.4 is 21.2 Å². The molecule has 0 spiro atoms. The van der Waals surface area contributed by atoms with E-state index >= 15 is 0 Å². The second-order valence-corrected chi connectivity index (χ2v) is 19.1. The van der Waals surface area contributed by atoms with E-state index in [9.17, 15) is 0 Å². The van der Waals surface area contributed by atoms with Crippen molar-refractivity contribution in [3.05, 3.63) is 265 Å². The van der Waals surface area contributed by atoms with Gasteiger partial charge in [-0.1, -0.05) is 243 Å². The first-order valence-electron chi connectivity index (χ1n) is 19.8. The molecule has 0 N–H and O–H groups in total. The molecule has 0 fully saturated rings. The van der Waals surface area contributed by atoms with E-state index in [-0.39, 0.29) is 0 Å². The summed E-state index contributed by atoms with van der Waals surface area (Å²) in [7, 11) is 1.31. The Morgan fingerprint density at radius 3 is 0.621 bits per heavy atom. The Hall–Kier alpha value is -5.46. The summed E-state index contributed by atoms with van der Waals surface area (Å²) in [5.74, 6) is 0. The SMILES string of the molecule is COC(C(OC)C(c1ccccc1)(c1ccccc1)P(c1ccccc1)c1ccccc1)C(c1ccccc1)(c1ccccc1)P(c1ccccc1)c1ccccc1. The van der Waals surface area contributed by atoms with Crippen LogP contribution in [0.15, 0.2) is 243 Å². The van der Waals surface area contributed by atoms with Gasteiger partial charge in [0.2, 0.25) is 0 Å². The van der Waals surface area contributed by atoms with E-state index in [4.69, 9.17) is 9.47 Å². The van der Waals surface area contributed by atoms with Crippen molar-refractivity contribution in [1.29, 1.82) is 0 Å².